The summed E-state index contributed by atoms with van der Waals surface area (Å²) >= 11 is 5.66. The highest BCUT2D eigenvalue weighted by Gasteiger charge is 2.28. The lowest BCUT2D eigenvalue weighted by Crippen LogP contribution is -2.42. The van der Waals surface area contributed by atoms with Crippen LogP contribution >= 0.6 is 11.6 Å². The summed E-state index contributed by atoms with van der Waals surface area (Å²) in [6.07, 6.45) is 1.10. The topological polar surface area (TPSA) is 9.23 Å². The summed E-state index contributed by atoms with van der Waals surface area (Å²) in [5.41, 5.74) is 0. The van der Waals surface area contributed by atoms with Crippen LogP contribution in [-0.2, 0) is 4.12 Å². The van der Waals surface area contributed by atoms with Crippen molar-refractivity contribution < 1.29 is 4.12 Å². The Morgan fingerprint density at radius 1 is 1.08 bits per heavy atom. The predicted octanol–water partition coefficient (Wildman–Crippen LogP) is 3.67. The zero-order chi connectivity index (χ0) is 9.83. The van der Waals surface area contributed by atoms with Crippen molar-refractivity contribution >= 4 is 28.2 Å². The zero-order valence-electron chi connectivity index (χ0n) is 8.91. The molecular formula is C8H21ClOSi2. The SMILES string of the molecule is C[Si](C)(C)O[Si](C)(C)CCCCl. The molecule has 0 unspecified atom stereocenters. The van der Waals surface area contributed by atoms with E-state index in [4.69, 9.17) is 15.7 Å². The van der Waals surface area contributed by atoms with Gasteiger partial charge in [0, 0.05) is 5.88 Å². The maximum Gasteiger partial charge on any atom is 0.173 e. The Bertz CT molecular complexity index is 132. The predicted molar refractivity (Wildman–Crippen MR) is 62.1 cm³/mol. The number of hydrogen-bond donors (Lipinski definition) is 0. The molecule has 0 aliphatic heterocycles. The van der Waals surface area contributed by atoms with Gasteiger partial charge >= 0.3 is 0 Å². The van der Waals surface area contributed by atoms with Crippen LogP contribution < -0.4 is 0 Å². The Balaban J connectivity index is 3.86. The fraction of sp³-hybridized carbons (Fsp3) is 1.00. The molecule has 0 bridgehead atoms. The molecular weight excluding hydrogens is 204 g/mol. The summed E-state index contributed by atoms with van der Waals surface area (Å²) in [7, 11) is -2.71. The van der Waals surface area contributed by atoms with Crippen LogP contribution in [0.4, 0.5) is 0 Å². The van der Waals surface area contributed by atoms with Gasteiger partial charge in [-0.1, -0.05) is 0 Å². The maximum atomic E-state index is 6.15. The Labute approximate surface area is 83.7 Å². The average molecular weight is 225 g/mol. The maximum absolute atomic E-state index is 6.15. The molecule has 0 saturated heterocycles. The van der Waals surface area contributed by atoms with Crippen LogP contribution in [0.5, 0.6) is 0 Å². The summed E-state index contributed by atoms with van der Waals surface area (Å²) in [4.78, 5) is 0. The Morgan fingerprint density at radius 3 is 1.92 bits per heavy atom. The van der Waals surface area contributed by atoms with Gasteiger partial charge in [-0.25, -0.2) is 0 Å². The van der Waals surface area contributed by atoms with Crippen molar-refractivity contribution in [2.45, 2.75) is 45.2 Å². The van der Waals surface area contributed by atoms with Gasteiger partial charge in [0.1, 0.15) is 0 Å². The molecule has 0 fully saturated rings. The molecule has 0 rings (SSSR count). The minimum atomic E-state index is -1.38. The van der Waals surface area contributed by atoms with Gasteiger partial charge in [-0.05, 0) is 45.2 Å². The minimum Gasteiger partial charge on any atom is -0.456 e. The molecule has 0 aromatic rings. The highest BCUT2D eigenvalue weighted by atomic mass is 35.5. The van der Waals surface area contributed by atoms with E-state index >= 15 is 0 Å². The van der Waals surface area contributed by atoms with Gasteiger partial charge in [-0.2, -0.15) is 0 Å². The zero-order valence-corrected chi connectivity index (χ0v) is 11.7. The normalized spacial score (nSPS) is 13.5. The van der Waals surface area contributed by atoms with Crippen LogP contribution in [0.15, 0.2) is 0 Å². The molecule has 4 heteroatoms. The third kappa shape index (κ3) is 7.34. The number of rotatable bonds is 5. The molecule has 0 amide bonds. The summed E-state index contributed by atoms with van der Waals surface area (Å²) in [5, 5.41) is 0. The largest absolute Gasteiger partial charge is 0.456 e. The summed E-state index contributed by atoms with van der Waals surface area (Å²) < 4.78 is 6.15. The van der Waals surface area contributed by atoms with Gasteiger partial charge in [0.05, 0.1) is 0 Å². The Morgan fingerprint density at radius 2 is 1.58 bits per heavy atom. The first-order valence-corrected chi connectivity index (χ1v) is 11.6. The van der Waals surface area contributed by atoms with E-state index in [0.717, 1.165) is 12.3 Å². The number of alkyl halides is 1. The molecule has 0 aromatic carbocycles. The van der Waals surface area contributed by atoms with E-state index in [-0.39, 0.29) is 0 Å². The lowest BCUT2D eigenvalue weighted by atomic mass is 10.6. The second-order valence-electron chi connectivity index (χ2n) is 4.77. The van der Waals surface area contributed by atoms with E-state index in [1.54, 1.807) is 0 Å². The van der Waals surface area contributed by atoms with E-state index in [1.165, 1.54) is 6.04 Å². The second-order valence-corrected chi connectivity index (χ2v) is 14.2. The van der Waals surface area contributed by atoms with Gasteiger partial charge in [0.15, 0.2) is 16.6 Å². The summed E-state index contributed by atoms with van der Waals surface area (Å²) in [6.45, 7) is 11.3. The fourth-order valence-corrected chi connectivity index (χ4v) is 9.80. The minimum absolute atomic E-state index is 0.769. The van der Waals surface area contributed by atoms with E-state index in [1.807, 2.05) is 0 Å². The van der Waals surface area contributed by atoms with E-state index in [9.17, 15) is 0 Å². The molecule has 0 heterocycles. The molecule has 0 N–H and O–H groups in total. The van der Waals surface area contributed by atoms with Crippen molar-refractivity contribution in [1.29, 1.82) is 0 Å². The van der Waals surface area contributed by atoms with Gasteiger partial charge in [-0.3, -0.25) is 0 Å². The quantitative estimate of drug-likeness (QED) is 0.512. The highest BCUT2D eigenvalue weighted by molar-refractivity contribution is 6.84. The number of hydrogen-bond acceptors (Lipinski definition) is 1. The number of halogens is 1. The highest BCUT2D eigenvalue weighted by Crippen LogP contribution is 2.19. The molecule has 0 radical (unpaired) electrons. The third-order valence-electron chi connectivity index (χ3n) is 1.49. The first-order chi connectivity index (χ1) is 5.27. The second kappa shape index (κ2) is 4.79. The molecule has 0 spiro atoms. The van der Waals surface area contributed by atoms with Gasteiger partial charge < -0.3 is 4.12 Å². The Kier molecular flexibility index (Phi) is 5.06. The van der Waals surface area contributed by atoms with Crippen molar-refractivity contribution in [2.75, 3.05) is 5.88 Å². The van der Waals surface area contributed by atoms with E-state index < -0.39 is 16.6 Å². The van der Waals surface area contributed by atoms with Crippen molar-refractivity contribution in [3.8, 4) is 0 Å². The first-order valence-electron chi connectivity index (χ1n) is 4.53. The molecule has 0 saturated carbocycles. The standard InChI is InChI=1S/C8H21ClOSi2/c1-11(2,3)10-12(4,5)8-6-7-9/h6-8H2,1-5H3. The van der Waals surface area contributed by atoms with Gasteiger partial charge in [0.2, 0.25) is 0 Å². The Hall–Kier alpha value is 0.684. The average Bonchev–Trinajstić information content (AvgIpc) is 1.78. The van der Waals surface area contributed by atoms with Gasteiger partial charge in [-0.15, -0.1) is 11.6 Å². The van der Waals surface area contributed by atoms with Crippen LogP contribution in [0.3, 0.4) is 0 Å². The summed E-state index contributed by atoms with van der Waals surface area (Å²) in [5.74, 6) is 0.769. The van der Waals surface area contributed by atoms with E-state index in [0.29, 0.717) is 0 Å². The van der Waals surface area contributed by atoms with Crippen LogP contribution in [0, 0.1) is 0 Å². The van der Waals surface area contributed by atoms with Crippen LogP contribution in [0.1, 0.15) is 6.42 Å². The molecule has 0 atom stereocenters. The monoisotopic (exact) mass is 224 g/mol. The fourth-order valence-electron chi connectivity index (χ4n) is 1.37. The van der Waals surface area contributed by atoms with Gasteiger partial charge in [0.25, 0.3) is 0 Å². The third-order valence-corrected chi connectivity index (χ3v) is 7.98. The van der Waals surface area contributed by atoms with Crippen molar-refractivity contribution in [2.24, 2.45) is 0 Å². The van der Waals surface area contributed by atoms with Crippen LogP contribution in [0.2, 0.25) is 38.8 Å². The first kappa shape index (κ1) is 12.7. The molecule has 12 heavy (non-hydrogen) atoms. The molecule has 1 nitrogen and oxygen atoms in total. The van der Waals surface area contributed by atoms with Crippen molar-refractivity contribution in [3.05, 3.63) is 0 Å². The lowest BCUT2D eigenvalue weighted by Gasteiger charge is -2.31. The molecule has 0 aromatic heterocycles. The van der Waals surface area contributed by atoms with Crippen molar-refractivity contribution in [1.82, 2.24) is 0 Å². The van der Waals surface area contributed by atoms with Crippen LogP contribution in [0.25, 0.3) is 0 Å². The smallest absolute Gasteiger partial charge is 0.173 e. The molecule has 0 aliphatic rings. The molecule has 0 aliphatic carbocycles. The molecule has 74 valence electrons. The van der Waals surface area contributed by atoms with E-state index in [2.05, 4.69) is 32.7 Å². The van der Waals surface area contributed by atoms with Crippen LogP contribution in [-0.4, -0.2) is 22.5 Å². The summed E-state index contributed by atoms with van der Waals surface area (Å²) in [6, 6.07) is 1.20. The lowest BCUT2D eigenvalue weighted by molar-refractivity contribution is 0.546. The van der Waals surface area contributed by atoms with Crippen molar-refractivity contribution in [3.63, 3.8) is 0 Å².